The zero-order valence-electron chi connectivity index (χ0n) is 24.4. The van der Waals surface area contributed by atoms with Gasteiger partial charge >= 0.3 is 17.8 Å². The number of aryl methyl sites for hydroxylation is 2. The van der Waals surface area contributed by atoms with Crippen LogP contribution in [0.15, 0.2) is 18.2 Å². The van der Waals surface area contributed by atoms with Crippen LogP contribution < -0.4 is 4.23 Å². The first kappa shape index (κ1) is 31.6. The van der Waals surface area contributed by atoms with Crippen LogP contribution in [-0.2, 0) is 0 Å². The van der Waals surface area contributed by atoms with E-state index in [1.54, 1.807) is 32.9 Å². The van der Waals surface area contributed by atoms with Crippen LogP contribution in [0.25, 0.3) is 0 Å². The number of benzene rings is 1. The third kappa shape index (κ3) is 6.29. The van der Waals surface area contributed by atoms with Gasteiger partial charge in [-0.05, 0) is 49.2 Å². The first-order chi connectivity index (χ1) is 14.9. The van der Waals surface area contributed by atoms with Gasteiger partial charge in [0.1, 0.15) is 16.5 Å². The molecule has 10 heteroatoms. The van der Waals surface area contributed by atoms with Crippen molar-refractivity contribution in [2.24, 2.45) is 0 Å². The molecule has 0 aliphatic heterocycles. The van der Waals surface area contributed by atoms with E-state index >= 15 is 12.3 Å². The molecule has 1 aromatic carbocycles. The quantitative estimate of drug-likeness (QED) is 0.227. The Kier molecular flexibility index (Phi) is 9.45. The van der Waals surface area contributed by atoms with E-state index < -0.39 is 39.3 Å². The van der Waals surface area contributed by atoms with Crippen molar-refractivity contribution in [2.45, 2.75) is 119 Å². The van der Waals surface area contributed by atoms with Crippen molar-refractivity contribution in [1.29, 1.82) is 0 Å². The highest BCUT2D eigenvalue weighted by atomic mass is 28.5. The minimum atomic E-state index is -5.35. The Morgan fingerprint density at radius 1 is 0.676 bits per heavy atom. The highest BCUT2D eigenvalue weighted by Crippen LogP contribution is 2.49. The minimum Gasteiger partial charge on any atom is -0.325 e. The van der Waals surface area contributed by atoms with Crippen LogP contribution >= 0.6 is 0 Å². The smallest absolute Gasteiger partial charge is 0.325 e. The van der Waals surface area contributed by atoms with Crippen LogP contribution in [0.4, 0.5) is 18.0 Å². The third-order valence-corrected chi connectivity index (χ3v) is 23.1. The van der Waals surface area contributed by atoms with Crippen molar-refractivity contribution in [3.05, 3.63) is 29.3 Å². The second-order valence-electron chi connectivity index (χ2n) is 13.3. The van der Waals surface area contributed by atoms with E-state index in [9.17, 15) is 0 Å². The van der Waals surface area contributed by atoms with E-state index in [0.717, 1.165) is 15.4 Å². The maximum absolute atomic E-state index is 18.8. The van der Waals surface area contributed by atoms with Gasteiger partial charge in [-0.2, -0.15) is 0 Å². The zero-order chi connectivity index (χ0) is 27.2. The van der Waals surface area contributed by atoms with E-state index in [4.69, 9.17) is 0 Å². The fourth-order valence-electron chi connectivity index (χ4n) is 5.31. The molecule has 0 saturated carbocycles. The first-order valence-corrected chi connectivity index (χ1v) is 22.8. The highest BCUT2D eigenvalue weighted by Gasteiger charge is 2.71. The van der Waals surface area contributed by atoms with Gasteiger partial charge in [-0.25, -0.2) is 12.3 Å². The summed E-state index contributed by atoms with van der Waals surface area (Å²) in [6.45, 7) is 29.0. The molecule has 0 spiro atoms. The third-order valence-electron chi connectivity index (χ3n) is 6.02. The Morgan fingerprint density at radius 3 is 1.24 bits per heavy atom. The molecule has 0 bridgehead atoms. The highest BCUT2D eigenvalue weighted by molar-refractivity contribution is 7.02. The maximum atomic E-state index is 18.8. The van der Waals surface area contributed by atoms with Crippen molar-refractivity contribution in [3.63, 3.8) is 0 Å². The molecule has 0 radical (unpaired) electrons. The summed E-state index contributed by atoms with van der Waals surface area (Å²) in [5, 5.41) is -1.33. The van der Waals surface area contributed by atoms with Crippen LogP contribution in [0.1, 0.15) is 59.6 Å². The lowest BCUT2D eigenvalue weighted by atomic mass is 10.1. The van der Waals surface area contributed by atoms with E-state index in [2.05, 4.69) is 39.3 Å². The van der Waals surface area contributed by atoms with Gasteiger partial charge in [0.05, 0.1) is 0 Å². The van der Waals surface area contributed by atoms with Gasteiger partial charge in [-0.3, -0.25) is 8.46 Å². The molecule has 1 rings (SSSR count). The lowest BCUT2D eigenvalue weighted by molar-refractivity contribution is 0.344. The topological polar surface area (TPSA) is 9.72 Å². The summed E-state index contributed by atoms with van der Waals surface area (Å²) in [7, 11) is -14.8. The molecule has 0 aromatic heterocycles. The van der Waals surface area contributed by atoms with Gasteiger partial charge in [0.2, 0.25) is 0 Å². The van der Waals surface area contributed by atoms with Crippen molar-refractivity contribution in [3.8, 4) is 0 Å². The average Bonchev–Trinajstić information content (AvgIpc) is 2.47. The Balaban J connectivity index is 4.38. The molecular weight excluding hydrogens is 500 g/mol. The van der Waals surface area contributed by atoms with E-state index in [1.165, 1.54) is 0 Å². The lowest BCUT2D eigenvalue weighted by Crippen LogP contribution is -2.86. The number of hydrogen-bond acceptors (Lipinski definition) is 3. The van der Waals surface area contributed by atoms with E-state index in [0.29, 0.717) is 5.69 Å². The predicted molar refractivity (Wildman–Crippen MR) is 154 cm³/mol. The number of nitrogens with zero attached hydrogens (tertiary/aromatic N) is 3. The van der Waals surface area contributed by atoms with Crippen LogP contribution in [0, 0.1) is 13.8 Å². The molecule has 0 amide bonds. The Labute approximate surface area is 212 Å². The van der Waals surface area contributed by atoms with Gasteiger partial charge in [-0.15, -0.1) is 0 Å². The van der Waals surface area contributed by atoms with Crippen LogP contribution in [-0.4, -0.2) is 54.8 Å². The number of anilines is 1. The summed E-state index contributed by atoms with van der Waals surface area (Å²) in [5.41, 5.74) is 2.09. The first-order valence-electron chi connectivity index (χ1n) is 12.4. The summed E-state index contributed by atoms with van der Waals surface area (Å²) < 4.78 is 57.6. The second kappa shape index (κ2) is 10.2. The Hall–Kier alpha value is -0.402. The molecule has 0 atom stereocenters. The molecule has 0 saturated heterocycles. The van der Waals surface area contributed by atoms with Crippen LogP contribution in [0.5, 0.6) is 0 Å². The summed E-state index contributed by atoms with van der Waals surface area (Å²) in [6.07, 6.45) is 0. The number of halogens is 3. The monoisotopic (exact) mass is 549 g/mol. The second-order valence-corrected chi connectivity index (χ2v) is 29.8. The SMILES string of the molecule is Cc1cc(C)cc(N([Si](F)(N(C(C)C)[Si](C)(C)C)N(C(C)C)[Si](C)(C)C)[Si](F)(F)C(C)(C)C)c1. The molecule has 0 heterocycles. The molecular formula is C24H50F3N3Si4. The molecule has 1 aromatic rings. The van der Waals surface area contributed by atoms with Crippen molar-refractivity contribution in [1.82, 2.24) is 8.46 Å². The summed E-state index contributed by atoms with van der Waals surface area (Å²) in [6, 6.07) is 5.12. The summed E-state index contributed by atoms with van der Waals surface area (Å²) in [5.74, 6) is 0. The van der Waals surface area contributed by atoms with Gasteiger partial charge < -0.3 is 4.23 Å². The van der Waals surface area contributed by atoms with Crippen molar-refractivity contribution in [2.75, 3.05) is 4.23 Å². The van der Waals surface area contributed by atoms with E-state index in [1.807, 2.05) is 56.1 Å². The van der Waals surface area contributed by atoms with Gasteiger partial charge in [0.25, 0.3) is 0 Å². The lowest BCUT2D eigenvalue weighted by Gasteiger charge is -2.60. The normalized spacial score (nSPS) is 14.6. The summed E-state index contributed by atoms with van der Waals surface area (Å²) >= 11 is 0. The molecule has 0 aliphatic rings. The number of rotatable bonds is 9. The van der Waals surface area contributed by atoms with Gasteiger partial charge in [0.15, 0.2) is 0 Å². The maximum Gasteiger partial charge on any atom is 0.538 e. The molecule has 0 fully saturated rings. The van der Waals surface area contributed by atoms with E-state index in [-0.39, 0.29) is 12.1 Å². The molecule has 34 heavy (non-hydrogen) atoms. The standard InChI is InChI=1S/C24H50F3N3Si4/c1-19(2)28(31(10,11)12)34(27,29(20(3)4)32(13,14)15)30(33(25,26)24(7,8)9)23-17-21(5)16-22(6)18-23/h16-20H,1-15H3. The fourth-order valence-corrected chi connectivity index (χ4v) is 24.0. The number of hydrogen-bond donors (Lipinski definition) is 0. The van der Waals surface area contributed by atoms with Crippen molar-refractivity contribution >= 4 is 40.0 Å². The molecule has 3 nitrogen and oxygen atoms in total. The largest absolute Gasteiger partial charge is 0.538 e. The average molecular weight is 550 g/mol. The fraction of sp³-hybridized carbons (Fsp3) is 0.750. The van der Waals surface area contributed by atoms with Crippen LogP contribution in [0.3, 0.4) is 0 Å². The predicted octanol–water partition coefficient (Wildman–Crippen LogP) is 8.28. The molecule has 198 valence electrons. The van der Waals surface area contributed by atoms with Crippen LogP contribution in [0.2, 0.25) is 44.3 Å². The molecule has 0 N–H and O–H groups in total. The Morgan fingerprint density at radius 2 is 1.00 bits per heavy atom. The van der Waals surface area contributed by atoms with Gasteiger partial charge in [0, 0.05) is 10.7 Å². The minimum absolute atomic E-state index is 0.195. The van der Waals surface area contributed by atoms with Gasteiger partial charge in [-0.1, -0.05) is 93.8 Å². The Bertz CT molecular complexity index is 797. The molecule has 0 unspecified atom stereocenters. The molecule has 0 aliphatic carbocycles. The summed E-state index contributed by atoms with van der Waals surface area (Å²) in [4.78, 5) is 0. The van der Waals surface area contributed by atoms with Crippen molar-refractivity contribution < 1.29 is 12.3 Å². The zero-order valence-corrected chi connectivity index (χ0v) is 28.4.